The number of piperidine rings is 1. The van der Waals surface area contributed by atoms with Crippen LogP contribution >= 0.6 is 34.5 Å². The maximum Gasteiger partial charge on any atom is 0.335 e. The molecule has 0 bridgehead atoms. The summed E-state index contributed by atoms with van der Waals surface area (Å²) >= 11 is 13.7. The number of nitrogens with zero attached hydrogens (tertiary/aromatic N) is 2. The Hall–Kier alpha value is -1.15. The lowest BCUT2D eigenvalue weighted by molar-refractivity contribution is -0.180. The molecule has 5 nitrogen and oxygen atoms in total. The summed E-state index contributed by atoms with van der Waals surface area (Å²) in [7, 11) is 2.11. The number of carboxylic acid groups (broad SMARTS) is 1. The first-order chi connectivity index (χ1) is 18.7. The fourth-order valence-electron chi connectivity index (χ4n) is 5.33. The lowest BCUT2D eigenvalue weighted by Gasteiger charge is -2.39. The molecule has 1 N–H and O–H groups in total. The van der Waals surface area contributed by atoms with Crippen LogP contribution in [0.15, 0.2) is 35.0 Å². The van der Waals surface area contributed by atoms with Gasteiger partial charge >= 0.3 is 5.97 Å². The molecule has 5 rings (SSSR count). The first kappa shape index (κ1) is 34.1. The average molecular weight is 600 g/mol. The van der Waals surface area contributed by atoms with Crippen LogP contribution in [0.3, 0.4) is 0 Å². The lowest BCUT2D eigenvalue weighted by Crippen LogP contribution is -2.47. The molecule has 1 atom stereocenters. The Morgan fingerprint density at radius 1 is 1.05 bits per heavy atom. The highest BCUT2D eigenvalue weighted by Crippen LogP contribution is 2.46. The molecule has 0 radical (unpaired) electrons. The topological polar surface area (TPSA) is 53.0 Å². The van der Waals surface area contributed by atoms with Crippen LogP contribution in [0.1, 0.15) is 83.3 Å². The Kier molecular flexibility index (Phi) is 14.8. The van der Waals surface area contributed by atoms with Crippen LogP contribution in [-0.2, 0) is 16.1 Å². The van der Waals surface area contributed by atoms with E-state index in [1.807, 2.05) is 39.0 Å². The van der Waals surface area contributed by atoms with E-state index in [1.54, 1.807) is 11.3 Å². The van der Waals surface area contributed by atoms with Gasteiger partial charge in [-0.2, -0.15) is 11.3 Å². The van der Waals surface area contributed by atoms with Gasteiger partial charge < -0.3 is 14.7 Å². The zero-order chi connectivity index (χ0) is 28.9. The van der Waals surface area contributed by atoms with Crippen molar-refractivity contribution in [2.45, 2.75) is 96.8 Å². The van der Waals surface area contributed by atoms with Crippen LogP contribution in [0.5, 0.6) is 0 Å². The number of carbonyl (C=O) groups is 1. The number of halogens is 2. The van der Waals surface area contributed by atoms with Crippen LogP contribution in [0.4, 0.5) is 0 Å². The molecule has 0 aliphatic carbocycles. The molecule has 3 aliphatic rings. The Morgan fingerprint density at radius 2 is 1.72 bits per heavy atom. The number of carboxylic acids is 1. The zero-order valence-corrected chi connectivity index (χ0v) is 26.8. The Balaban J connectivity index is 0.000000217. The van der Waals surface area contributed by atoms with E-state index in [0.29, 0.717) is 17.9 Å². The second-order valence-electron chi connectivity index (χ2n) is 10.7. The third kappa shape index (κ3) is 10.6. The predicted molar refractivity (Wildman–Crippen MR) is 166 cm³/mol. The Bertz CT molecular complexity index is 974. The first-order valence-electron chi connectivity index (χ1n) is 14.4. The molecule has 3 fully saturated rings. The van der Waals surface area contributed by atoms with E-state index < -0.39 is 11.6 Å². The highest BCUT2D eigenvalue weighted by molar-refractivity contribution is 7.07. The van der Waals surface area contributed by atoms with E-state index in [9.17, 15) is 9.90 Å². The minimum atomic E-state index is -0.898. The molecule has 1 unspecified atom stereocenters. The lowest BCUT2D eigenvalue weighted by atomic mass is 9.87. The Morgan fingerprint density at radius 3 is 2.21 bits per heavy atom. The molecule has 8 heteroatoms. The molecule has 0 saturated carbocycles. The van der Waals surface area contributed by atoms with Crippen molar-refractivity contribution in [2.24, 2.45) is 0 Å². The van der Waals surface area contributed by atoms with Gasteiger partial charge in [-0.15, -0.1) is 0 Å². The second kappa shape index (κ2) is 17.0. The number of rotatable bonds is 5. The van der Waals surface area contributed by atoms with Gasteiger partial charge in [0.25, 0.3) is 0 Å². The predicted octanol–water partition coefficient (Wildman–Crippen LogP) is 8.56. The molecule has 220 valence electrons. The van der Waals surface area contributed by atoms with E-state index in [2.05, 4.69) is 40.6 Å². The van der Waals surface area contributed by atoms with Gasteiger partial charge in [-0.05, 0) is 112 Å². The first-order valence-corrected chi connectivity index (χ1v) is 16.1. The molecule has 4 heterocycles. The number of likely N-dealkylation sites (tertiary alicyclic amines) is 2. The van der Waals surface area contributed by atoms with E-state index in [-0.39, 0.29) is 5.60 Å². The zero-order valence-electron chi connectivity index (χ0n) is 24.5. The summed E-state index contributed by atoms with van der Waals surface area (Å²) < 4.78 is 6.10. The molecule has 3 saturated heterocycles. The molecule has 0 amide bonds. The van der Waals surface area contributed by atoms with Gasteiger partial charge in [0.15, 0.2) is 5.60 Å². The van der Waals surface area contributed by atoms with Gasteiger partial charge in [0.1, 0.15) is 0 Å². The van der Waals surface area contributed by atoms with Crippen molar-refractivity contribution in [2.75, 3.05) is 33.2 Å². The maximum atomic E-state index is 11.5. The number of ether oxygens (including phenoxy) is 1. The minimum Gasteiger partial charge on any atom is -0.479 e. The summed E-state index contributed by atoms with van der Waals surface area (Å²) in [6.07, 6.45) is 7.66. The average Bonchev–Trinajstić information content (AvgIpc) is 3.69. The third-order valence-corrected chi connectivity index (χ3v) is 9.00. The van der Waals surface area contributed by atoms with Crippen molar-refractivity contribution < 1.29 is 14.6 Å². The van der Waals surface area contributed by atoms with Crippen molar-refractivity contribution in [3.8, 4) is 0 Å². The Labute approximate surface area is 250 Å². The van der Waals surface area contributed by atoms with Crippen molar-refractivity contribution >= 4 is 40.5 Å². The summed E-state index contributed by atoms with van der Waals surface area (Å²) in [5.74, 6) is -0.768. The standard InChI is InChI=1S/C13H23NO3.C11H13Cl2N.C5H6S.C2H6/c1-3-4-13(11(15)16)6-5-12(17-13)7-9-14(2)10-8-12;12-10-4-3-9(11(13)7-10)8-14-5-1-2-6-14;1-5-2-3-6-4-5;1-2/h3-10H2,1-2H3,(H,15,16);3-4,7H,1-2,5-6,8H2;2-4H,1H3;1-2H3. The van der Waals surface area contributed by atoms with Gasteiger partial charge in [0.05, 0.1) is 5.60 Å². The number of hydrogen-bond acceptors (Lipinski definition) is 5. The van der Waals surface area contributed by atoms with Gasteiger partial charge in [-0.25, -0.2) is 4.79 Å². The largest absolute Gasteiger partial charge is 0.479 e. The van der Waals surface area contributed by atoms with Crippen molar-refractivity contribution in [3.63, 3.8) is 0 Å². The summed E-state index contributed by atoms with van der Waals surface area (Å²) in [6, 6.07) is 7.83. The third-order valence-electron chi connectivity index (χ3n) is 7.61. The second-order valence-corrected chi connectivity index (χ2v) is 12.3. The van der Waals surface area contributed by atoms with Gasteiger partial charge in [0.2, 0.25) is 0 Å². The highest BCUT2D eigenvalue weighted by atomic mass is 35.5. The van der Waals surface area contributed by atoms with Crippen molar-refractivity contribution in [3.05, 3.63) is 56.2 Å². The van der Waals surface area contributed by atoms with Gasteiger partial charge in [-0.1, -0.05) is 56.5 Å². The van der Waals surface area contributed by atoms with Crippen molar-refractivity contribution in [1.82, 2.24) is 9.80 Å². The highest BCUT2D eigenvalue weighted by Gasteiger charge is 2.53. The SMILES string of the molecule is CC.CCCC1(C(=O)O)CCC2(CCN(C)CC2)O1.Cc1ccsc1.Clc1ccc(CN2CCCC2)c(Cl)c1. The van der Waals surface area contributed by atoms with E-state index in [1.165, 1.54) is 37.1 Å². The van der Waals surface area contributed by atoms with Crippen LogP contribution in [0.2, 0.25) is 10.0 Å². The fraction of sp³-hybridized carbons (Fsp3) is 0.645. The molecule has 1 spiro atoms. The maximum absolute atomic E-state index is 11.5. The molecule has 1 aromatic carbocycles. The molecule has 3 aliphatic heterocycles. The number of aryl methyl sites for hydroxylation is 1. The molecular formula is C31H48Cl2N2O3S. The van der Waals surface area contributed by atoms with E-state index in [0.717, 1.165) is 50.3 Å². The van der Waals surface area contributed by atoms with Crippen molar-refractivity contribution in [1.29, 1.82) is 0 Å². The summed E-state index contributed by atoms with van der Waals surface area (Å²) in [6.45, 7) is 13.5. The fourth-order valence-corrected chi connectivity index (χ4v) is 6.46. The summed E-state index contributed by atoms with van der Waals surface area (Å²) in [5.41, 5.74) is 1.49. The molecule has 39 heavy (non-hydrogen) atoms. The summed E-state index contributed by atoms with van der Waals surface area (Å²) in [4.78, 5) is 16.2. The minimum absolute atomic E-state index is 0.153. The smallest absolute Gasteiger partial charge is 0.335 e. The number of hydrogen-bond donors (Lipinski definition) is 1. The van der Waals surface area contributed by atoms with Crippen LogP contribution in [0.25, 0.3) is 0 Å². The van der Waals surface area contributed by atoms with E-state index in [4.69, 9.17) is 27.9 Å². The van der Waals surface area contributed by atoms with E-state index >= 15 is 0 Å². The van der Waals surface area contributed by atoms with Crippen LogP contribution in [0, 0.1) is 6.92 Å². The van der Waals surface area contributed by atoms with Gasteiger partial charge in [0, 0.05) is 29.7 Å². The van der Waals surface area contributed by atoms with Gasteiger partial charge in [-0.3, -0.25) is 4.90 Å². The number of thiophene rings is 1. The molecular weight excluding hydrogens is 551 g/mol. The number of aliphatic carboxylic acids is 1. The van der Waals surface area contributed by atoms with Crippen LogP contribution in [-0.4, -0.2) is 65.3 Å². The molecule has 1 aromatic heterocycles. The molecule has 2 aromatic rings. The summed E-state index contributed by atoms with van der Waals surface area (Å²) in [5, 5.41) is 15.1. The normalized spacial score (nSPS) is 22.2. The monoisotopic (exact) mass is 598 g/mol. The van der Waals surface area contributed by atoms with Crippen LogP contribution < -0.4 is 0 Å². The quantitative estimate of drug-likeness (QED) is 0.373. The number of benzene rings is 1.